The fraction of sp³-hybridized carbons (Fsp3) is 0.348. The van der Waals surface area contributed by atoms with Crippen molar-refractivity contribution in [2.24, 2.45) is 0 Å². The number of anilines is 1. The van der Waals surface area contributed by atoms with E-state index in [1.54, 1.807) is 6.20 Å². The molecule has 29 heavy (non-hydrogen) atoms. The summed E-state index contributed by atoms with van der Waals surface area (Å²) < 4.78 is 0. The molecule has 1 saturated heterocycles. The smallest absolute Gasteiger partial charge is 0.146 e. The van der Waals surface area contributed by atoms with Gasteiger partial charge in [0, 0.05) is 49.5 Å². The first-order chi connectivity index (χ1) is 14.3. The Morgan fingerprint density at radius 1 is 1.03 bits per heavy atom. The SMILES string of the molecule is N#Cc1ccc2[nH]cc(CCCCN3CCN(c4ncccc4C#N)CC3)c2c1. The van der Waals surface area contributed by atoms with Crippen molar-refractivity contribution < 1.29 is 0 Å². The summed E-state index contributed by atoms with van der Waals surface area (Å²) in [6, 6.07) is 13.9. The molecule has 1 aromatic carbocycles. The van der Waals surface area contributed by atoms with Crippen molar-refractivity contribution in [3.63, 3.8) is 0 Å². The van der Waals surface area contributed by atoms with Gasteiger partial charge in [0.1, 0.15) is 11.9 Å². The first kappa shape index (κ1) is 19.0. The standard InChI is InChI=1S/C23H24N6/c24-15-18-6-7-22-21(14-18)20(17-27-22)4-1-2-9-28-10-12-29(13-11-28)23-19(16-25)5-3-8-26-23/h3,5-8,14,17,27H,1-2,4,9-13H2. The van der Waals surface area contributed by atoms with Crippen LogP contribution in [-0.4, -0.2) is 47.6 Å². The van der Waals surface area contributed by atoms with E-state index in [1.165, 1.54) is 10.9 Å². The predicted octanol–water partition coefficient (Wildman–Crippen LogP) is 3.45. The first-order valence-corrected chi connectivity index (χ1v) is 10.1. The van der Waals surface area contributed by atoms with Crippen LogP contribution in [0.5, 0.6) is 0 Å². The number of piperazine rings is 1. The highest BCUT2D eigenvalue weighted by Gasteiger charge is 2.19. The zero-order chi connectivity index (χ0) is 20.1. The summed E-state index contributed by atoms with van der Waals surface area (Å²) in [5.41, 5.74) is 3.76. The van der Waals surface area contributed by atoms with Gasteiger partial charge in [0.05, 0.1) is 17.2 Å². The molecule has 1 aliphatic heterocycles. The van der Waals surface area contributed by atoms with E-state index in [4.69, 9.17) is 5.26 Å². The maximum Gasteiger partial charge on any atom is 0.146 e. The van der Waals surface area contributed by atoms with E-state index in [-0.39, 0.29) is 0 Å². The van der Waals surface area contributed by atoms with Gasteiger partial charge in [-0.2, -0.15) is 10.5 Å². The van der Waals surface area contributed by atoms with Crippen LogP contribution in [0.25, 0.3) is 10.9 Å². The Bertz CT molecular complexity index is 1060. The van der Waals surface area contributed by atoms with Crippen molar-refractivity contribution in [1.29, 1.82) is 10.5 Å². The number of benzene rings is 1. The lowest BCUT2D eigenvalue weighted by Crippen LogP contribution is -2.47. The van der Waals surface area contributed by atoms with Gasteiger partial charge in [-0.3, -0.25) is 4.90 Å². The lowest BCUT2D eigenvalue weighted by Gasteiger charge is -2.35. The third kappa shape index (κ3) is 4.23. The van der Waals surface area contributed by atoms with Crippen LogP contribution in [-0.2, 0) is 6.42 Å². The van der Waals surface area contributed by atoms with E-state index >= 15 is 0 Å². The average molecular weight is 384 g/mol. The number of fused-ring (bicyclic) bond motifs is 1. The van der Waals surface area contributed by atoms with Crippen LogP contribution in [0.4, 0.5) is 5.82 Å². The van der Waals surface area contributed by atoms with E-state index in [0.29, 0.717) is 11.1 Å². The van der Waals surface area contributed by atoms with Gasteiger partial charge in [-0.1, -0.05) is 0 Å². The fourth-order valence-electron chi connectivity index (χ4n) is 4.03. The average Bonchev–Trinajstić information content (AvgIpc) is 3.19. The maximum atomic E-state index is 9.27. The second kappa shape index (κ2) is 8.77. The van der Waals surface area contributed by atoms with E-state index in [0.717, 1.165) is 63.3 Å². The predicted molar refractivity (Wildman–Crippen MR) is 114 cm³/mol. The van der Waals surface area contributed by atoms with Gasteiger partial charge in [-0.25, -0.2) is 4.98 Å². The third-order valence-corrected chi connectivity index (χ3v) is 5.65. The zero-order valence-electron chi connectivity index (χ0n) is 16.4. The molecule has 3 heterocycles. The van der Waals surface area contributed by atoms with Crippen molar-refractivity contribution >= 4 is 16.7 Å². The van der Waals surface area contributed by atoms with Crippen LogP contribution in [0, 0.1) is 22.7 Å². The molecular weight excluding hydrogens is 360 g/mol. The summed E-state index contributed by atoms with van der Waals surface area (Å²) in [5, 5.41) is 19.6. The summed E-state index contributed by atoms with van der Waals surface area (Å²) in [4.78, 5) is 12.4. The maximum absolute atomic E-state index is 9.27. The third-order valence-electron chi connectivity index (χ3n) is 5.65. The van der Waals surface area contributed by atoms with Crippen LogP contribution >= 0.6 is 0 Å². The molecule has 1 N–H and O–H groups in total. The van der Waals surface area contributed by atoms with E-state index in [1.807, 2.05) is 30.3 Å². The molecule has 0 radical (unpaired) electrons. The second-order valence-electron chi connectivity index (χ2n) is 7.46. The molecule has 1 aliphatic rings. The lowest BCUT2D eigenvalue weighted by molar-refractivity contribution is 0.252. The summed E-state index contributed by atoms with van der Waals surface area (Å²) >= 11 is 0. The number of hydrogen-bond donors (Lipinski definition) is 1. The van der Waals surface area contributed by atoms with Gasteiger partial charge in [-0.05, 0) is 61.7 Å². The van der Waals surface area contributed by atoms with Gasteiger partial charge >= 0.3 is 0 Å². The number of aryl methyl sites for hydroxylation is 1. The van der Waals surface area contributed by atoms with Crippen molar-refractivity contribution in [3.05, 3.63) is 59.4 Å². The molecule has 0 saturated carbocycles. The Morgan fingerprint density at radius 3 is 2.69 bits per heavy atom. The number of nitriles is 2. The Kier molecular flexibility index (Phi) is 5.74. The number of unbranched alkanes of at least 4 members (excludes halogenated alkanes) is 1. The van der Waals surface area contributed by atoms with Gasteiger partial charge < -0.3 is 9.88 Å². The van der Waals surface area contributed by atoms with Crippen LogP contribution in [0.2, 0.25) is 0 Å². The molecule has 0 unspecified atom stereocenters. The molecule has 6 nitrogen and oxygen atoms in total. The highest BCUT2D eigenvalue weighted by atomic mass is 15.3. The van der Waals surface area contributed by atoms with E-state index in [2.05, 4.69) is 38.1 Å². The molecule has 2 aromatic heterocycles. The summed E-state index contributed by atoms with van der Waals surface area (Å²) in [6.45, 7) is 4.91. The van der Waals surface area contributed by atoms with Crippen molar-refractivity contribution in [2.45, 2.75) is 19.3 Å². The number of nitrogens with zero attached hydrogens (tertiary/aromatic N) is 5. The molecule has 3 aromatic rings. The Morgan fingerprint density at radius 2 is 1.90 bits per heavy atom. The molecule has 1 fully saturated rings. The zero-order valence-corrected chi connectivity index (χ0v) is 16.4. The molecule has 0 bridgehead atoms. The van der Waals surface area contributed by atoms with Crippen molar-refractivity contribution in [2.75, 3.05) is 37.6 Å². The minimum Gasteiger partial charge on any atom is -0.361 e. The molecule has 6 heteroatoms. The fourth-order valence-corrected chi connectivity index (χ4v) is 4.03. The summed E-state index contributed by atoms with van der Waals surface area (Å²) in [6.07, 6.45) is 7.13. The first-order valence-electron chi connectivity index (χ1n) is 10.1. The number of pyridine rings is 1. The van der Waals surface area contributed by atoms with Crippen molar-refractivity contribution in [3.8, 4) is 12.1 Å². The molecule has 0 aliphatic carbocycles. The van der Waals surface area contributed by atoms with E-state index < -0.39 is 0 Å². The number of hydrogen-bond acceptors (Lipinski definition) is 5. The van der Waals surface area contributed by atoms with Crippen LogP contribution in [0.3, 0.4) is 0 Å². The number of rotatable bonds is 6. The van der Waals surface area contributed by atoms with Gasteiger partial charge in [0.15, 0.2) is 0 Å². The van der Waals surface area contributed by atoms with Crippen LogP contribution in [0.15, 0.2) is 42.7 Å². The molecular formula is C23H24N6. The Hall–Kier alpha value is -3.35. The Labute approximate surface area is 171 Å². The van der Waals surface area contributed by atoms with Gasteiger partial charge in [-0.15, -0.1) is 0 Å². The topological polar surface area (TPSA) is 82.7 Å². The lowest BCUT2D eigenvalue weighted by atomic mass is 10.1. The molecule has 0 amide bonds. The number of aromatic nitrogens is 2. The normalized spacial score (nSPS) is 14.6. The second-order valence-corrected chi connectivity index (χ2v) is 7.46. The van der Waals surface area contributed by atoms with Crippen molar-refractivity contribution in [1.82, 2.24) is 14.9 Å². The number of H-pyrrole nitrogens is 1. The quantitative estimate of drug-likeness (QED) is 0.658. The molecule has 0 spiro atoms. The highest BCUT2D eigenvalue weighted by Crippen LogP contribution is 2.22. The summed E-state index contributed by atoms with van der Waals surface area (Å²) in [7, 11) is 0. The largest absolute Gasteiger partial charge is 0.361 e. The Balaban J connectivity index is 1.25. The minimum atomic E-state index is 0.652. The number of nitrogens with one attached hydrogen (secondary N) is 1. The van der Waals surface area contributed by atoms with E-state index in [9.17, 15) is 5.26 Å². The minimum absolute atomic E-state index is 0.652. The molecule has 4 rings (SSSR count). The summed E-state index contributed by atoms with van der Waals surface area (Å²) in [5.74, 6) is 0.811. The van der Waals surface area contributed by atoms with Gasteiger partial charge in [0.25, 0.3) is 0 Å². The molecule has 146 valence electrons. The highest BCUT2D eigenvalue weighted by molar-refractivity contribution is 5.84. The van der Waals surface area contributed by atoms with Crippen LogP contribution in [0.1, 0.15) is 29.5 Å². The number of aromatic amines is 1. The monoisotopic (exact) mass is 384 g/mol. The molecule has 0 atom stereocenters. The van der Waals surface area contributed by atoms with Gasteiger partial charge in [0.2, 0.25) is 0 Å². The van der Waals surface area contributed by atoms with Crippen LogP contribution < -0.4 is 4.90 Å².